The van der Waals surface area contributed by atoms with Crippen LogP contribution in [0, 0.1) is 10.1 Å². The number of nitrogens with zero attached hydrogens (tertiary/aromatic N) is 11. The fraction of sp³-hybridized carbons (Fsp3) is 0.634. The van der Waals surface area contributed by atoms with E-state index in [0.29, 0.717) is 69.3 Å². The molecule has 584 valence electrons. The van der Waals surface area contributed by atoms with Crippen LogP contribution in [0.4, 0.5) is 24.5 Å². The predicted octanol–water partition coefficient (Wildman–Crippen LogP) is 6.24. The molecule has 4 aromatic rings. The molecule has 0 radical (unpaired) electrons. The molecule has 2 aliphatic rings. The quantitative estimate of drug-likeness (QED) is 0.0173. The third-order valence-electron chi connectivity index (χ3n) is 15.8. The highest BCUT2D eigenvalue weighted by molar-refractivity contribution is 7.89. The minimum absolute atomic E-state index is 0.00488. The average Bonchev–Trinajstić information content (AvgIpc) is 0.783. The molecule has 0 aliphatic carbocycles. The summed E-state index contributed by atoms with van der Waals surface area (Å²) in [7, 11) is -4.66. The molecule has 1 N–H and O–H groups in total. The van der Waals surface area contributed by atoms with E-state index in [1.54, 1.807) is 107 Å². The predicted molar refractivity (Wildman–Crippen MR) is 382 cm³/mol. The van der Waals surface area contributed by atoms with Crippen LogP contribution in [-0.4, -0.2) is 287 Å². The van der Waals surface area contributed by atoms with Gasteiger partial charge in [0.1, 0.15) is 16.8 Å². The first kappa shape index (κ1) is 86.1. The molecule has 2 aliphatic heterocycles. The Hall–Kier alpha value is -7.80. The van der Waals surface area contributed by atoms with Gasteiger partial charge in [0.2, 0.25) is 27.7 Å². The van der Waals surface area contributed by atoms with Crippen LogP contribution in [0.5, 0.6) is 11.8 Å². The van der Waals surface area contributed by atoms with Crippen molar-refractivity contribution in [1.82, 2.24) is 49.1 Å². The largest absolute Gasteiger partial charge is 0.478 e. The van der Waals surface area contributed by atoms with Crippen LogP contribution in [0.25, 0.3) is 11.3 Å². The number of alkyl halides is 3. The number of nitro benzene ring substituents is 1. The van der Waals surface area contributed by atoms with E-state index in [1.165, 1.54) is 23.1 Å². The molecule has 0 saturated carbocycles. The number of amides is 2. The molecule has 2 amide bonds. The zero-order chi connectivity index (χ0) is 77.0. The molecule has 5 heterocycles. The number of hydrogen-bond acceptors (Lipinski definition) is 26. The van der Waals surface area contributed by atoms with E-state index in [1.807, 2.05) is 24.5 Å². The summed E-state index contributed by atoms with van der Waals surface area (Å²) in [5.74, 6) is -2.36. The summed E-state index contributed by atoms with van der Waals surface area (Å²) >= 11 is 0. The lowest BCUT2D eigenvalue weighted by molar-refractivity contribution is -0.387. The number of pyridine rings is 3. The van der Waals surface area contributed by atoms with E-state index in [9.17, 15) is 55.7 Å². The van der Waals surface area contributed by atoms with E-state index in [0.717, 1.165) is 22.5 Å². The minimum Gasteiger partial charge on any atom is -0.478 e. The van der Waals surface area contributed by atoms with Crippen molar-refractivity contribution in [3.63, 3.8) is 0 Å². The number of nitro groups is 1. The molecular formula is C71H105F3N12O18S. The monoisotopic (exact) mass is 1500 g/mol. The summed E-state index contributed by atoms with van der Waals surface area (Å²) in [5, 5.41) is 15.2. The lowest BCUT2D eigenvalue weighted by Crippen LogP contribution is -2.50. The number of halogens is 3. The number of piperazine rings is 1. The molecule has 3 aromatic heterocycles. The molecular weight excluding hydrogens is 1400 g/mol. The van der Waals surface area contributed by atoms with Gasteiger partial charge in [0.05, 0.1) is 125 Å². The first-order valence-corrected chi connectivity index (χ1v) is 36.8. The summed E-state index contributed by atoms with van der Waals surface area (Å²) < 4.78 is 124. The Labute approximate surface area is 613 Å². The SMILES string of the molecule is CCOc1ccc(C(=O)N2CCN(c3ccc(-c4cccnc4OCC)nc3CN(CCCOCCOCCOCCOCCNC(=O)CN3CCN(CC(=O)OC(C)(C)C)CCN(CC(=O)OC(C)(C)C)CCN(CC(=O)OC(C)(C)C)CC3)S(=O)(=O)c3ccccc3[N+](=O)[O-])CC2)c(C(F)(F)F)n1. The summed E-state index contributed by atoms with van der Waals surface area (Å²) in [6.07, 6.45) is -3.30. The molecule has 1 aromatic carbocycles. The topological polar surface area (TPSA) is 319 Å². The van der Waals surface area contributed by atoms with Gasteiger partial charge in [-0.05, 0) is 119 Å². The van der Waals surface area contributed by atoms with Gasteiger partial charge in [-0.1, -0.05) is 12.1 Å². The maximum absolute atomic E-state index is 14.8. The van der Waals surface area contributed by atoms with E-state index >= 15 is 0 Å². The number of nitrogens with one attached hydrogen (secondary N) is 1. The van der Waals surface area contributed by atoms with Crippen LogP contribution < -0.4 is 19.7 Å². The number of benzene rings is 1. The number of carbonyl (C=O) groups excluding carboxylic acids is 5. The number of para-hydroxylation sites is 1. The molecule has 105 heavy (non-hydrogen) atoms. The molecule has 2 fully saturated rings. The van der Waals surface area contributed by atoms with E-state index < -0.39 is 90.1 Å². The number of anilines is 1. The highest BCUT2D eigenvalue weighted by Crippen LogP contribution is 2.36. The van der Waals surface area contributed by atoms with Gasteiger partial charge in [0, 0.05) is 117 Å². The van der Waals surface area contributed by atoms with Gasteiger partial charge in [-0.15, -0.1) is 0 Å². The fourth-order valence-electron chi connectivity index (χ4n) is 11.2. The Kier molecular flexibility index (Phi) is 33.9. The van der Waals surface area contributed by atoms with Crippen LogP contribution in [-0.2, 0) is 75.1 Å². The first-order valence-electron chi connectivity index (χ1n) is 35.3. The van der Waals surface area contributed by atoms with Crippen LogP contribution in [0.3, 0.4) is 0 Å². The summed E-state index contributed by atoms with van der Waals surface area (Å²) in [6, 6.07) is 14.1. The molecule has 0 spiro atoms. The Morgan fingerprint density at radius 3 is 1.58 bits per heavy atom. The molecule has 0 unspecified atom stereocenters. The Morgan fingerprint density at radius 1 is 0.590 bits per heavy atom. The van der Waals surface area contributed by atoms with Crippen LogP contribution in [0.15, 0.2) is 71.8 Å². The van der Waals surface area contributed by atoms with Crippen LogP contribution in [0.2, 0.25) is 0 Å². The van der Waals surface area contributed by atoms with Crippen molar-refractivity contribution >= 4 is 51.1 Å². The summed E-state index contributed by atoms with van der Waals surface area (Å²) in [5.41, 5.74) is -3.27. The van der Waals surface area contributed by atoms with Gasteiger partial charge >= 0.3 is 24.1 Å². The van der Waals surface area contributed by atoms with Crippen molar-refractivity contribution in [2.45, 2.75) is 117 Å². The van der Waals surface area contributed by atoms with Crippen molar-refractivity contribution in [1.29, 1.82) is 0 Å². The van der Waals surface area contributed by atoms with Gasteiger partial charge in [0.25, 0.3) is 11.6 Å². The smallest absolute Gasteiger partial charge is 0.434 e. The number of ether oxygens (including phenoxy) is 9. The normalized spacial score (nSPS) is 15.4. The van der Waals surface area contributed by atoms with E-state index in [-0.39, 0.29) is 161 Å². The summed E-state index contributed by atoms with van der Waals surface area (Å²) in [4.78, 5) is 101. The highest BCUT2D eigenvalue weighted by atomic mass is 32.2. The lowest BCUT2D eigenvalue weighted by atomic mass is 10.1. The van der Waals surface area contributed by atoms with Gasteiger partial charge < -0.3 is 57.7 Å². The van der Waals surface area contributed by atoms with Crippen molar-refractivity contribution in [3.05, 3.63) is 93.9 Å². The van der Waals surface area contributed by atoms with E-state index in [2.05, 4.69) is 15.3 Å². The van der Waals surface area contributed by atoms with Crippen molar-refractivity contribution < 1.29 is 93.1 Å². The second-order valence-corrected chi connectivity index (χ2v) is 29.7. The molecule has 0 atom stereocenters. The second-order valence-electron chi connectivity index (χ2n) is 27.8. The van der Waals surface area contributed by atoms with Crippen LogP contribution >= 0.6 is 0 Å². The minimum atomic E-state index is -4.96. The van der Waals surface area contributed by atoms with Gasteiger partial charge in [-0.2, -0.15) is 17.5 Å². The number of hydrogen-bond donors (Lipinski definition) is 1. The Morgan fingerprint density at radius 2 is 1.09 bits per heavy atom. The zero-order valence-corrected chi connectivity index (χ0v) is 63.2. The summed E-state index contributed by atoms with van der Waals surface area (Å²) in [6.45, 7) is 24.3. The fourth-order valence-corrected chi connectivity index (χ4v) is 12.8. The zero-order valence-electron chi connectivity index (χ0n) is 62.4. The van der Waals surface area contributed by atoms with Crippen molar-refractivity contribution in [2.24, 2.45) is 0 Å². The van der Waals surface area contributed by atoms with Crippen LogP contribution in [0.1, 0.15) is 104 Å². The lowest BCUT2D eigenvalue weighted by Gasteiger charge is -2.37. The van der Waals surface area contributed by atoms with Gasteiger partial charge in [0.15, 0.2) is 10.6 Å². The molecule has 6 rings (SSSR count). The Bertz CT molecular complexity index is 3530. The molecule has 2 saturated heterocycles. The number of sulfonamides is 1. The maximum atomic E-state index is 14.8. The number of rotatable bonds is 36. The highest BCUT2D eigenvalue weighted by Gasteiger charge is 2.40. The number of esters is 3. The van der Waals surface area contributed by atoms with Crippen molar-refractivity contribution in [3.8, 4) is 23.0 Å². The molecule has 0 bridgehead atoms. The van der Waals surface area contributed by atoms with Gasteiger partial charge in [-0.25, -0.2) is 23.4 Å². The third kappa shape index (κ3) is 30.2. The number of aromatic nitrogens is 3. The third-order valence-corrected chi connectivity index (χ3v) is 17.7. The number of carbonyl (C=O) groups is 5. The maximum Gasteiger partial charge on any atom is 0.434 e. The van der Waals surface area contributed by atoms with E-state index in [4.69, 9.17) is 47.6 Å². The standard InChI is InChI=1S/C71H105F3N12O18S/c1-12-100-61-24-21-54(65(78-61)71(72,73)74)67(91)84-38-36-83(37-39-84)57-23-22-55(53-18-16-25-76-66(53)101-13-2)77-56(57)48-85(105(94,95)59-20-15-14-19-58(59)86(92)93)27-17-40-96-42-44-98-46-47-99-45-43-97-41-26-75-60(87)49-79-28-30-80(50-62(88)102-68(3,4)5)32-34-82(52-64(90)104-70(9,10)11)35-33-81(31-29-79)51-63(89)103-69(6,7)8/h14-16,18-25H,12-13,17,26-52H2,1-11H3,(H,75,87). The Balaban J connectivity index is 0.991. The van der Waals surface area contributed by atoms with Crippen molar-refractivity contribution in [2.75, 3.05) is 189 Å². The van der Waals surface area contributed by atoms with Gasteiger partial charge in [-0.3, -0.25) is 53.7 Å². The first-order chi connectivity index (χ1) is 49.6. The second kappa shape index (κ2) is 41.4. The average molecular weight is 1500 g/mol. The molecule has 34 heteroatoms. The molecule has 30 nitrogen and oxygen atoms in total.